The van der Waals surface area contributed by atoms with Crippen LogP contribution in [0.5, 0.6) is 0 Å². The van der Waals surface area contributed by atoms with Crippen molar-refractivity contribution in [3.63, 3.8) is 0 Å². The van der Waals surface area contributed by atoms with Crippen LogP contribution in [0.15, 0.2) is 11.2 Å². The number of rotatable bonds is 7. The van der Waals surface area contributed by atoms with E-state index in [1.54, 1.807) is 11.8 Å². The lowest BCUT2D eigenvalue weighted by Crippen LogP contribution is -2.21. The summed E-state index contributed by atoms with van der Waals surface area (Å²) in [4.78, 5) is 8.82. The molecule has 0 fully saturated rings. The van der Waals surface area contributed by atoms with Crippen LogP contribution in [0, 0.1) is 19.8 Å². The van der Waals surface area contributed by atoms with Crippen molar-refractivity contribution in [2.24, 2.45) is 5.92 Å². The van der Waals surface area contributed by atoms with Crippen LogP contribution in [0.1, 0.15) is 31.7 Å². The Hall–Kier alpha value is -0.610. The molecule has 0 saturated heterocycles. The summed E-state index contributed by atoms with van der Waals surface area (Å²) in [5.74, 6) is 1.80. The fraction of sp³-hybridized carbons (Fsp3) is 0.692. The molecule has 1 aromatic rings. The minimum Gasteiger partial charge on any atom is -0.316 e. The van der Waals surface area contributed by atoms with E-state index < -0.39 is 0 Å². The van der Waals surface area contributed by atoms with Crippen LogP contribution in [0.2, 0.25) is 0 Å². The van der Waals surface area contributed by atoms with Crippen LogP contribution < -0.4 is 5.32 Å². The summed E-state index contributed by atoms with van der Waals surface area (Å²) >= 11 is 1.75. The number of hydrogen-bond donors (Lipinski definition) is 1. The first-order valence-electron chi connectivity index (χ1n) is 6.23. The van der Waals surface area contributed by atoms with E-state index in [1.807, 2.05) is 19.9 Å². The van der Waals surface area contributed by atoms with Gasteiger partial charge in [0.2, 0.25) is 0 Å². The summed E-state index contributed by atoms with van der Waals surface area (Å²) in [6.45, 7) is 10.7. The molecule has 0 bridgehead atoms. The van der Waals surface area contributed by atoms with Gasteiger partial charge in [0.25, 0.3) is 0 Å². The molecule has 0 amide bonds. The second-order valence-electron chi connectivity index (χ2n) is 4.73. The topological polar surface area (TPSA) is 37.8 Å². The number of nitrogens with one attached hydrogen (secondary N) is 1. The van der Waals surface area contributed by atoms with Crippen LogP contribution in [-0.2, 0) is 0 Å². The first-order chi connectivity index (χ1) is 8.08. The minimum atomic E-state index is 0.727. The Kier molecular flexibility index (Phi) is 6.52. The summed E-state index contributed by atoms with van der Waals surface area (Å²) in [7, 11) is 0. The van der Waals surface area contributed by atoms with E-state index in [9.17, 15) is 0 Å². The summed E-state index contributed by atoms with van der Waals surface area (Å²) in [5.41, 5.74) is 2.11. The normalized spacial score (nSPS) is 11.1. The molecular weight excluding hydrogens is 230 g/mol. The lowest BCUT2D eigenvalue weighted by molar-refractivity contribution is 0.551. The lowest BCUT2D eigenvalue weighted by Gasteiger charge is -2.07. The van der Waals surface area contributed by atoms with Gasteiger partial charge in [-0.3, -0.25) is 0 Å². The van der Waals surface area contributed by atoms with Gasteiger partial charge in [0.15, 0.2) is 5.16 Å². The smallest absolute Gasteiger partial charge is 0.187 e. The maximum absolute atomic E-state index is 4.41. The Morgan fingerprint density at radius 1 is 1.24 bits per heavy atom. The van der Waals surface area contributed by atoms with Gasteiger partial charge in [-0.05, 0) is 45.3 Å². The third-order valence-corrected chi connectivity index (χ3v) is 3.18. The summed E-state index contributed by atoms with van der Waals surface area (Å²) < 4.78 is 0. The standard InChI is InChI=1S/C13H23N3S/c1-10(2)9-14-6-5-7-17-13-15-11(3)8-12(4)16-13/h8,10,14H,5-7,9H2,1-4H3. The van der Waals surface area contributed by atoms with E-state index in [2.05, 4.69) is 29.1 Å². The van der Waals surface area contributed by atoms with Crippen LogP contribution in [0.25, 0.3) is 0 Å². The molecule has 96 valence electrons. The average Bonchev–Trinajstić information content (AvgIpc) is 2.21. The number of aromatic nitrogens is 2. The maximum atomic E-state index is 4.41. The second kappa shape index (κ2) is 7.67. The zero-order valence-electron chi connectivity index (χ0n) is 11.3. The molecule has 0 aliphatic rings. The highest BCUT2D eigenvalue weighted by Crippen LogP contribution is 2.14. The first-order valence-corrected chi connectivity index (χ1v) is 7.22. The Labute approximate surface area is 109 Å². The highest BCUT2D eigenvalue weighted by molar-refractivity contribution is 7.99. The number of hydrogen-bond acceptors (Lipinski definition) is 4. The Morgan fingerprint density at radius 2 is 1.88 bits per heavy atom. The Balaban J connectivity index is 2.18. The van der Waals surface area contributed by atoms with E-state index in [0.717, 1.165) is 47.7 Å². The molecule has 1 aromatic heterocycles. The molecule has 0 saturated carbocycles. The molecule has 0 unspecified atom stereocenters. The summed E-state index contributed by atoms with van der Waals surface area (Å²) in [5, 5.41) is 4.35. The largest absolute Gasteiger partial charge is 0.316 e. The molecule has 1 rings (SSSR count). The zero-order valence-corrected chi connectivity index (χ0v) is 12.1. The van der Waals surface area contributed by atoms with Crippen molar-refractivity contribution < 1.29 is 0 Å². The monoisotopic (exact) mass is 253 g/mol. The highest BCUT2D eigenvalue weighted by atomic mass is 32.2. The first kappa shape index (κ1) is 14.5. The second-order valence-corrected chi connectivity index (χ2v) is 5.80. The Morgan fingerprint density at radius 3 is 2.47 bits per heavy atom. The molecule has 0 aromatic carbocycles. The molecular formula is C13H23N3S. The van der Waals surface area contributed by atoms with Crippen LogP contribution in [0.4, 0.5) is 0 Å². The number of thioether (sulfide) groups is 1. The van der Waals surface area contributed by atoms with Gasteiger partial charge in [-0.15, -0.1) is 0 Å². The molecule has 0 spiro atoms. The van der Waals surface area contributed by atoms with E-state index in [1.165, 1.54) is 0 Å². The van der Waals surface area contributed by atoms with Crippen molar-refractivity contribution in [3.8, 4) is 0 Å². The fourth-order valence-electron chi connectivity index (χ4n) is 1.51. The molecule has 4 heteroatoms. The molecule has 0 aliphatic heterocycles. The van der Waals surface area contributed by atoms with E-state index in [-0.39, 0.29) is 0 Å². The minimum absolute atomic E-state index is 0.727. The summed E-state index contributed by atoms with van der Waals surface area (Å²) in [6.07, 6.45) is 1.16. The van der Waals surface area contributed by atoms with Gasteiger partial charge in [-0.2, -0.15) is 0 Å². The lowest BCUT2D eigenvalue weighted by atomic mass is 10.2. The predicted octanol–water partition coefficient (Wildman–Crippen LogP) is 2.82. The average molecular weight is 253 g/mol. The van der Waals surface area contributed by atoms with Crippen molar-refractivity contribution in [1.82, 2.24) is 15.3 Å². The Bertz CT molecular complexity index is 319. The highest BCUT2D eigenvalue weighted by Gasteiger charge is 2.00. The molecule has 3 nitrogen and oxygen atoms in total. The van der Waals surface area contributed by atoms with Crippen LogP contribution in [0.3, 0.4) is 0 Å². The van der Waals surface area contributed by atoms with E-state index in [4.69, 9.17) is 0 Å². The van der Waals surface area contributed by atoms with Gasteiger partial charge >= 0.3 is 0 Å². The van der Waals surface area contributed by atoms with Crippen molar-refractivity contribution in [1.29, 1.82) is 0 Å². The third kappa shape index (κ3) is 6.64. The van der Waals surface area contributed by atoms with Crippen molar-refractivity contribution >= 4 is 11.8 Å². The number of nitrogens with zero attached hydrogens (tertiary/aromatic N) is 2. The van der Waals surface area contributed by atoms with Gasteiger partial charge in [0, 0.05) is 17.1 Å². The van der Waals surface area contributed by atoms with Gasteiger partial charge in [-0.1, -0.05) is 25.6 Å². The predicted molar refractivity (Wildman–Crippen MR) is 74.6 cm³/mol. The quantitative estimate of drug-likeness (QED) is 0.461. The van der Waals surface area contributed by atoms with Crippen LogP contribution >= 0.6 is 11.8 Å². The molecule has 0 radical (unpaired) electrons. The SMILES string of the molecule is Cc1cc(C)nc(SCCCNCC(C)C)n1. The van der Waals surface area contributed by atoms with Crippen molar-refractivity contribution in [3.05, 3.63) is 17.5 Å². The van der Waals surface area contributed by atoms with Crippen molar-refractivity contribution in [2.75, 3.05) is 18.8 Å². The third-order valence-electron chi connectivity index (χ3n) is 2.24. The molecule has 1 heterocycles. The van der Waals surface area contributed by atoms with Gasteiger partial charge in [-0.25, -0.2) is 9.97 Å². The molecule has 1 N–H and O–H groups in total. The number of aryl methyl sites for hydroxylation is 2. The van der Waals surface area contributed by atoms with Gasteiger partial charge in [0.05, 0.1) is 0 Å². The zero-order chi connectivity index (χ0) is 12.7. The van der Waals surface area contributed by atoms with Crippen LogP contribution in [-0.4, -0.2) is 28.8 Å². The van der Waals surface area contributed by atoms with E-state index >= 15 is 0 Å². The summed E-state index contributed by atoms with van der Waals surface area (Å²) in [6, 6.07) is 2.01. The van der Waals surface area contributed by atoms with Crippen molar-refractivity contribution in [2.45, 2.75) is 39.3 Å². The fourth-order valence-corrected chi connectivity index (χ4v) is 2.40. The molecule has 0 aliphatic carbocycles. The van der Waals surface area contributed by atoms with Gasteiger partial charge in [0.1, 0.15) is 0 Å². The van der Waals surface area contributed by atoms with E-state index in [0.29, 0.717) is 0 Å². The molecule has 17 heavy (non-hydrogen) atoms. The maximum Gasteiger partial charge on any atom is 0.187 e. The van der Waals surface area contributed by atoms with Gasteiger partial charge < -0.3 is 5.32 Å². The molecule has 0 atom stereocenters.